The number of methoxy groups -OCH3 is 1. The lowest BCUT2D eigenvalue weighted by Gasteiger charge is -2.13. The zero-order valence-electron chi connectivity index (χ0n) is 7.63. The van der Waals surface area contributed by atoms with E-state index in [-0.39, 0.29) is 0 Å². The third kappa shape index (κ3) is 1.76. The first kappa shape index (κ1) is 9.48. The minimum atomic E-state index is 0.300. The van der Waals surface area contributed by atoms with Crippen molar-refractivity contribution in [2.45, 2.75) is 19.9 Å². The highest BCUT2D eigenvalue weighted by Gasteiger charge is 2.07. The van der Waals surface area contributed by atoms with Gasteiger partial charge in [0.1, 0.15) is 0 Å². The summed E-state index contributed by atoms with van der Waals surface area (Å²) in [7, 11) is 1.70. The summed E-state index contributed by atoms with van der Waals surface area (Å²) in [6.07, 6.45) is 1.91. The molecular weight excluding hydrogens is 172 g/mol. The summed E-state index contributed by atoms with van der Waals surface area (Å²) in [6, 6.07) is 0.300. The lowest BCUT2D eigenvalue weighted by atomic mass is 10.3. The molecule has 0 spiro atoms. The summed E-state index contributed by atoms with van der Waals surface area (Å²) in [4.78, 5) is 3.00. The Morgan fingerprint density at radius 2 is 2.42 bits per heavy atom. The third-order valence-corrected chi connectivity index (χ3v) is 2.17. The largest absolute Gasteiger partial charge is 0.383 e. The van der Waals surface area contributed by atoms with Crippen molar-refractivity contribution in [3.05, 3.63) is 16.7 Å². The van der Waals surface area contributed by atoms with Gasteiger partial charge in [-0.3, -0.25) is 0 Å². The fourth-order valence-corrected chi connectivity index (χ4v) is 1.71. The molecule has 0 aromatic carbocycles. The monoisotopic (exact) mass is 186 g/mol. The first-order chi connectivity index (χ1) is 5.66. The molecule has 0 aliphatic heterocycles. The molecule has 12 heavy (non-hydrogen) atoms. The first-order valence-corrected chi connectivity index (χ1v) is 4.33. The van der Waals surface area contributed by atoms with E-state index in [4.69, 9.17) is 17.0 Å². The Bertz CT molecular complexity index is 302. The smallest absolute Gasteiger partial charge is 0.177 e. The number of nitrogens with one attached hydrogen (secondary N) is 1. The Hall–Kier alpha value is -0.610. The van der Waals surface area contributed by atoms with E-state index in [2.05, 4.69) is 16.5 Å². The van der Waals surface area contributed by atoms with Gasteiger partial charge >= 0.3 is 0 Å². The Kier molecular flexibility index (Phi) is 3.05. The molecule has 0 bridgehead atoms. The zero-order chi connectivity index (χ0) is 9.14. The van der Waals surface area contributed by atoms with Gasteiger partial charge in [0.25, 0.3) is 0 Å². The van der Waals surface area contributed by atoms with Crippen molar-refractivity contribution in [1.29, 1.82) is 0 Å². The van der Waals surface area contributed by atoms with Gasteiger partial charge in [0.2, 0.25) is 0 Å². The molecule has 1 unspecified atom stereocenters. The number of nitrogens with zero attached hydrogens (tertiary/aromatic N) is 1. The molecule has 1 heterocycles. The molecule has 3 nitrogen and oxygen atoms in total. The Morgan fingerprint density at radius 1 is 1.75 bits per heavy atom. The second-order valence-electron chi connectivity index (χ2n) is 2.91. The van der Waals surface area contributed by atoms with Gasteiger partial charge in [-0.15, -0.1) is 0 Å². The lowest BCUT2D eigenvalue weighted by molar-refractivity contribution is 0.161. The molecule has 68 valence electrons. The van der Waals surface area contributed by atoms with E-state index >= 15 is 0 Å². The summed E-state index contributed by atoms with van der Waals surface area (Å²) < 4.78 is 7.87. The highest BCUT2D eigenvalue weighted by molar-refractivity contribution is 7.71. The van der Waals surface area contributed by atoms with E-state index in [1.54, 1.807) is 7.11 Å². The van der Waals surface area contributed by atoms with Crippen LogP contribution in [0.2, 0.25) is 0 Å². The lowest BCUT2D eigenvalue weighted by Crippen LogP contribution is -2.12. The fraction of sp³-hybridized carbons (Fsp3) is 0.625. The van der Waals surface area contributed by atoms with Crippen molar-refractivity contribution in [3.63, 3.8) is 0 Å². The molecule has 0 radical (unpaired) electrons. The van der Waals surface area contributed by atoms with Crippen LogP contribution in [0.4, 0.5) is 0 Å². The van der Waals surface area contributed by atoms with Gasteiger partial charge in [-0.05, 0) is 26.1 Å². The van der Waals surface area contributed by atoms with Crippen LogP contribution in [0, 0.1) is 11.7 Å². The Balaban J connectivity index is 2.93. The van der Waals surface area contributed by atoms with Gasteiger partial charge in [0.15, 0.2) is 4.77 Å². The number of imidazole rings is 1. The molecule has 0 aliphatic rings. The molecule has 1 rings (SSSR count). The molecule has 4 heteroatoms. The van der Waals surface area contributed by atoms with E-state index in [0.29, 0.717) is 12.6 Å². The molecule has 0 saturated carbocycles. The Morgan fingerprint density at radius 3 is 2.83 bits per heavy atom. The average Bonchev–Trinajstić information content (AvgIpc) is 2.32. The molecule has 1 N–H and O–H groups in total. The van der Waals surface area contributed by atoms with Crippen LogP contribution < -0.4 is 0 Å². The normalized spacial score (nSPS) is 13.2. The third-order valence-electron chi connectivity index (χ3n) is 1.85. The standard InChI is InChI=1S/C8H14N2OS/c1-6-4-9-8(12)10(6)7(2)5-11-3/h4,7H,5H2,1-3H3,(H,9,12). The number of aromatic amines is 1. The number of hydrogen-bond donors (Lipinski definition) is 1. The number of rotatable bonds is 3. The summed E-state index contributed by atoms with van der Waals surface area (Å²) >= 11 is 5.12. The molecule has 0 saturated heterocycles. The van der Waals surface area contributed by atoms with E-state index in [9.17, 15) is 0 Å². The van der Waals surface area contributed by atoms with Gasteiger partial charge in [-0.25, -0.2) is 0 Å². The average molecular weight is 186 g/mol. The molecular formula is C8H14N2OS. The van der Waals surface area contributed by atoms with Crippen LogP contribution in [0.5, 0.6) is 0 Å². The number of hydrogen-bond acceptors (Lipinski definition) is 2. The number of H-pyrrole nitrogens is 1. The van der Waals surface area contributed by atoms with Gasteiger partial charge in [-0.2, -0.15) is 0 Å². The highest BCUT2D eigenvalue weighted by atomic mass is 32.1. The first-order valence-electron chi connectivity index (χ1n) is 3.92. The SMILES string of the molecule is COCC(C)n1c(C)c[nH]c1=S. The molecule has 0 aliphatic carbocycles. The van der Waals surface area contributed by atoms with Crippen LogP contribution in [0.15, 0.2) is 6.20 Å². The van der Waals surface area contributed by atoms with E-state index in [1.807, 2.05) is 13.1 Å². The van der Waals surface area contributed by atoms with Crippen LogP contribution in [-0.4, -0.2) is 23.3 Å². The summed E-state index contributed by atoms with van der Waals surface area (Å²) in [6.45, 7) is 4.80. The van der Waals surface area contributed by atoms with Crippen molar-refractivity contribution in [1.82, 2.24) is 9.55 Å². The van der Waals surface area contributed by atoms with Crippen LogP contribution in [0.1, 0.15) is 18.7 Å². The van der Waals surface area contributed by atoms with Gasteiger partial charge in [-0.1, -0.05) is 0 Å². The van der Waals surface area contributed by atoms with Crippen LogP contribution in [0.3, 0.4) is 0 Å². The van der Waals surface area contributed by atoms with Gasteiger partial charge in [0.05, 0.1) is 12.6 Å². The second kappa shape index (κ2) is 3.87. The second-order valence-corrected chi connectivity index (χ2v) is 3.30. The van der Waals surface area contributed by atoms with Crippen molar-refractivity contribution >= 4 is 12.2 Å². The maximum absolute atomic E-state index is 5.12. The Labute approximate surface area is 77.4 Å². The maximum atomic E-state index is 5.12. The van der Waals surface area contributed by atoms with Crippen LogP contribution in [0.25, 0.3) is 0 Å². The topological polar surface area (TPSA) is 29.9 Å². The zero-order valence-corrected chi connectivity index (χ0v) is 8.44. The summed E-state index contributed by atoms with van der Waals surface area (Å²) in [5.41, 5.74) is 1.14. The van der Waals surface area contributed by atoms with Gasteiger partial charge in [0, 0.05) is 19.0 Å². The van der Waals surface area contributed by atoms with E-state index < -0.39 is 0 Å². The van der Waals surface area contributed by atoms with E-state index in [1.165, 1.54) is 0 Å². The number of aromatic nitrogens is 2. The minimum Gasteiger partial charge on any atom is -0.383 e. The van der Waals surface area contributed by atoms with Crippen molar-refractivity contribution in [2.75, 3.05) is 13.7 Å². The van der Waals surface area contributed by atoms with Crippen molar-refractivity contribution < 1.29 is 4.74 Å². The molecule has 1 aromatic rings. The molecule has 1 atom stereocenters. The molecule has 0 fully saturated rings. The predicted octanol–water partition coefficient (Wildman–Crippen LogP) is 2.06. The molecule has 1 aromatic heterocycles. The minimum absolute atomic E-state index is 0.300. The number of ether oxygens (including phenoxy) is 1. The van der Waals surface area contributed by atoms with Gasteiger partial charge < -0.3 is 14.3 Å². The quantitative estimate of drug-likeness (QED) is 0.732. The summed E-state index contributed by atoms with van der Waals surface area (Å²) in [5.74, 6) is 0. The fourth-order valence-electron chi connectivity index (χ4n) is 1.33. The summed E-state index contributed by atoms with van der Waals surface area (Å²) in [5, 5.41) is 0. The predicted molar refractivity (Wildman–Crippen MR) is 50.9 cm³/mol. The van der Waals surface area contributed by atoms with Crippen LogP contribution >= 0.6 is 12.2 Å². The number of aryl methyl sites for hydroxylation is 1. The molecule has 0 amide bonds. The van der Waals surface area contributed by atoms with Crippen LogP contribution in [-0.2, 0) is 4.74 Å². The van der Waals surface area contributed by atoms with E-state index in [0.717, 1.165) is 10.5 Å². The van der Waals surface area contributed by atoms with Crippen molar-refractivity contribution in [3.8, 4) is 0 Å². The maximum Gasteiger partial charge on any atom is 0.177 e. The highest BCUT2D eigenvalue weighted by Crippen LogP contribution is 2.10. The van der Waals surface area contributed by atoms with Crippen molar-refractivity contribution in [2.24, 2.45) is 0 Å².